The van der Waals surface area contributed by atoms with Crippen LogP contribution >= 0.6 is 5.35 Å². The molecule has 0 bridgehead atoms. The van der Waals surface area contributed by atoms with Gasteiger partial charge >= 0.3 is 132 Å². The van der Waals surface area contributed by atoms with Crippen molar-refractivity contribution in [2.24, 2.45) is 0 Å². The molecule has 0 fully saturated rings. The molecule has 1 heterocycles. The zero-order chi connectivity index (χ0) is 15.8. The molecule has 0 atom stereocenters. The molecule has 1 rings (SSSR count). The average Bonchev–Trinajstić information content (AvgIpc) is 2.59. The number of aromatic nitrogens is 3. The van der Waals surface area contributed by atoms with Gasteiger partial charge in [0.15, 0.2) is 0 Å². The molecule has 116 valence electrons. The van der Waals surface area contributed by atoms with E-state index >= 15 is 0 Å². The molecule has 0 aliphatic rings. The van der Waals surface area contributed by atoms with Gasteiger partial charge in [-0.1, -0.05) is 0 Å². The van der Waals surface area contributed by atoms with Crippen molar-refractivity contribution in [2.45, 2.75) is 72.6 Å². The van der Waals surface area contributed by atoms with Gasteiger partial charge in [0.05, 0.1) is 0 Å². The Hall–Kier alpha value is 0.178. The summed E-state index contributed by atoms with van der Waals surface area (Å²) in [5, 5.41) is 6.31. The Kier molecular flexibility index (Phi) is 5.58. The van der Waals surface area contributed by atoms with Crippen LogP contribution in [0, 0.1) is 0 Å². The molecule has 0 N–H and O–H groups in total. The second-order valence-corrected chi connectivity index (χ2v) is 14.1. The van der Waals surface area contributed by atoms with Crippen LogP contribution in [0.2, 0.25) is 0 Å². The van der Waals surface area contributed by atoms with Gasteiger partial charge in [-0.15, -0.1) is 0 Å². The molecule has 1 aromatic rings. The molecule has 1 aromatic heterocycles. The Morgan fingerprint density at radius 2 is 1.55 bits per heavy atom. The van der Waals surface area contributed by atoms with Gasteiger partial charge < -0.3 is 0 Å². The maximum atomic E-state index is 6.29. The number of nitrogens with zero attached hydrogens (tertiary/aromatic N) is 3. The molecule has 5 nitrogen and oxygen atoms in total. The van der Waals surface area contributed by atoms with E-state index in [9.17, 15) is 0 Å². The van der Waals surface area contributed by atoms with Gasteiger partial charge in [-0.05, 0) is 0 Å². The molecule has 7 heteroatoms. The Morgan fingerprint density at radius 3 is 1.85 bits per heavy atom. The second kappa shape index (κ2) is 6.12. The summed E-state index contributed by atoms with van der Waals surface area (Å²) in [4.78, 5) is 0. The van der Waals surface area contributed by atoms with Crippen molar-refractivity contribution >= 4 is 10.8 Å². The normalized spacial score (nSPS) is 14.1. The number of rotatable bonds is 4. The van der Waals surface area contributed by atoms with Crippen molar-refractivity contribution in [3.8, 4) is 0 Å². The summed E-state index contributed by atoms with van der Waals surface area (Å²) >= 11 is 1.27. The molecule has 20 heavy (non-hydrogen) atoms. The first-order valence-electron chi connectivity index (χ1n) is 6.76. The molecule has 0 aliphatic heterocycles. The first kappa shape index (κ1) is 18.2. The summed E-state index contributed by atoms with van der Waals surface area (Å²) in [5.41, 5.74) is 0.288. The van der Waals surface area contributed by atoms with Crippen LogP contribution in [0.5, 0.6) is 0 Å². The summed E-state index contributed by atoms with van der Waals surface area (Å²) < 4.78 is 14.4. The summed E-state index contributed by atoms with van der Waals surface area (Å²) in [6.45, 7) is 16.4. The SMILES string of the molecule is CC(C)n1cc([P](=[W])(OC(C)(C)C)OC(C)(C)C)nn1. The fourth-order valence-electron chi connectivity index (χ4n) is 1.48. The molecule has 0 unspecified atom stereocenters. The summed E-state index contributed by atoms with van der Waals surface area (Å²) in [6.07, 6.45) is 1.96. The predicted molar refractivity (Wildman–Crippen MR) is 78.6 cm³/mol. The zero-order valence-corrected chi connectivity index (χ0v) is 17.5. The van der Waals surface area contributed by atoms with Crippen molar-refractivity contribution in [1.29, 1.82) is 0 Å². The van der Waals surface area contributed by atoms with Crippen LogP contribution in [0.1, 0.15) is 61.4 Å². The molecule has 0 saturated heterocycles. The number of hydrogen-bond acceptors (Lipinski definition) is 4. The van der Waals surface area contributed by atoms with Crippen molar-refractivity contribution in [3.63, 3.8) is 0 Å². The molecule has 0 spiro atoms. The van der Waals surface area contributed by atoms with E-state index in [2.05, 4.69) is 24.2 Å². The fraction of sp³-hybridized carbons (Fsp3) is 0.846. The van der Waals surface area contributed by atoms with E-state index in [4.69, 9.17) is 9.05 Å². The van der Waals surface area contributed by atoms with Crippen molar-refractivity contribution in [2.75, 3.05) is 0 Å². The molecule has 0 saturated carbocycles. The van der Waals surface area contributed by atoms with E-state index in [1.807, 2.05) is 52.4 Å². The molecular formula is C13H26N3O2PW. The van der Waals surface area contributed by atoms with Crippen LogP contribution in [0.3, 0.4) is 0 Å². The van der Waals surface area contributed by atoms with Crippen molar-refractivity contribution < 1.29 is 27.9 Å². The minimum absolute atomic E-state index is 0.275. The molecule has 0 aliphatic carbocycles. The third-order valence-electron chi connectivity index (χ3n) is 2.10. The third kappa shape index (κ3) is 5.52. The Bertz CT molecular complexity index is 480. The summed E-state index contributed by atoms with van der Waals surface area (Å²) in [7, 11) is 0. The van der Waals surface area contributed by atoms with E-state index in [0.717, 1.165) is 5.44 Å². The molecular weight excluding hydrogens is 445 g/mol. The predicted octanol–water partition coefficient (Wildman–Crippen LogP) is 3.42. The van der Waals surface area contributed by atoms with E-state index in [0.29, 0.717) is 0 Å². The van der Waals surface area contributed by atoms with E-state index in [1.165, 1.54) is 18.8 Å². The third-order valence-corrected chi connectivity index (χ3v) is 8.06. The van der Waals surface area contributed by atoms with Gasteiger partial charge in [-0.3, -0.25) is 0 Å². The minimum atomic E-state index is -2.19. The maximum absolute atomic E-state index is 6.29. The van der Waals surface area contributed by atoms with Crippen LogP contribution in [0.25, 0.3) is 0 Å². The first-order chi connectivity index (χ1) is 8.82. The van der Waals surface area contributed by atoms with Crippen LogP contribution in [-0.2, 0) is 27.9 Å². The van der Waals surface area contributed by atoms with Crippen LogP contribution in [0.4, 0.5) is 0 Å². The second-order valence-electron chi connectivity index (χ2n) is 7.06. The van der Waals surface area contributed by atoms with Crippen molar-refractivity contribution in [3.05, 3.63) is 6.20 Å². The van der Waals surface area contributed by atoms with Crippen LogP contribution in [0.15, 0.2) is 6.20 Å². The van der Waals surface area contributed by atoms with Gasteiger partial charge in [-0.25, -0.2) is 0 Å². The Labute approximate surface area is 132 Å². The van der Waals surface area contributed by atoms with Gasteiger partial charge in [0.25, 0.3) is 0 Å². The van der Waals surface area contributed by atoms with Gasteiger partial charge in [-0.2, -0.15) is 0 Å². The Morgan fingerprint density at radius 1 is 1.10 bits per heavy atom. The van der Waals surface area contributed by atoms with Gasteiger partial charge in [0, 0.05) is 0 Å². The summed E-state index contributed by atoms with van der Waals surface area (Å²) in [6, 6.07) is 0.281. The zero-order valence-electron chi connectivity index (χ0n) is 13.7. The average molecular weight is 471 g/mol. The Balaban J connectivity index is 3.19. The molecule has 0 radical (unpaired) electrons. The number of hydrogen-bond donors (Lipinski definition) is 0. The van der Waals surface area contributed by atoms with Crippen LogP contribution in [-0.4, -0.2) is 26.2 Å². The summed E-state index contributed by atoms with van der Waals surface area (Å²) in [5.74, 6) is 0. The van der Waals surface area contributed by atoms with Gasteiger partial charge in [0.2, 0.25) is 0 Å². The quantitative estimate of drug-likeness (QED) is 0.632. The van der Waals surface area contributed by atoms with E-state index < -0.39 is 5.35 Å². The van der Waals surface area contributed by atoms with Crippen LogP contribution < -0.4 is 5.44 Å². The molecule has 0 aromatic carbocycles. The monoisotopic (exact) mass is 471 g/mol. The first-order valence-corrected chi connectivity index (χ1v) is 12.2. The van der Waals surface area contributed by atoms with E-state index in [1.54, 1.807) is 0 Å². The van der Waals surface area contributed by atoms with E-state index in [-0.39, 0.29) is 17.2 Å². The standard InChI is InChI=1S/C13H26N3O2P.W/c1-10(2)16-9-11(14-15-16)19(17-12(3,4)5)18-13(6,7)8;/h9-10H,1-8H3;. The van der Waals surface area contributed by atoms with Gasteiger partial charge in [0.1, 0.15) is 0 Å². The van der Waals surface area contributed by atoms with Crippen molar-refractivity contribution in [1.82, 2.24) is 15.0 Å². The fourth-order valence-corrected chi connectivity index (χ4v) is 9.28. The molecule has 0 amide bonds. The topological polar surface area (TPSA) is 49.2 Å².